The predicted octanol–water partition coefficient (Wildman–Crippen LogP) is 4.04. The number of hydrogen-bond acceptors (Lipinski definition) is 8. The molecule has 3 heterocycles. The quantitative estimate of drug-likeness (QED) is 0.502. The van der Waals surface area contributed by atoms with Crippen molar-refractivity contribution >= 4 is 34.0 Å². The summed E-state index contributed by atoms with van der Waals surface area (Å²) < 4.78 is 26.5. The van der Waals surface area contributed by atoms with Crippen LogP contribution < -0.4 is 14.8 Å². The topological polar surface area (TPSA) is 83.0 Å². The fourth-order valence-corrected chi connectivity index (χ4v) is 5.16. The Morgan fingerprint density at radius 3 is 2.77 bits per heavy atom. The van der Waals surface area contributed by atoms with Gasteiger partial charge in [-0.2, -0.15) is 0 Å². The third kappa shape index (κ3) is 4.86. The van der Waals surface area contributed by atoms with E-state index in [9.17, 15) is 9.50 Å². The van der Waals surface area contributed by atoms with Crippen molar-refractivity contribution in [2.24, 2.45) is 0 Å². The summed E-state index contributed by atoms with van der Waals surface area (Å²) >= 11 is 5.94. The zero-order chi connectivity index (χ0) is 24.5. The number of likely N-dealkylation sites (N-methyl/N-ethyl adjacent to an activating group) is 1. The van der Waals surface area contributed by atoms with Crippen LogP contribution in [0.25, 0.3) is 10.9 Å². The third-order valence-corrected chi connectivity index (χ3v) is 7.13. The van der Waals surface area contributed by atoms with Gasteiger partial charge in [0, 0.05) is 37.5 Å². The Kier molecular flexibility index (Phi) is 6.93. The van der Waals surface area contributed by atoms with Crippen molar-refractivity contribution < 1.29 is 19.0 Å². The Morgan fingerprint density at radius 1 is 1.20 bits per heavy atom. The first kappa shape index (κ1) is 24.0. The molecular weight excluding hydrogens is 473 g/mol. The Hall–Kier alpha value is -2.72. The molecule has 186 valence electrons. The van der Waals surface area contributed by atoms with Crippen LogP contribution in [0.4, 0.5) is 15.9 Å². The normalized spacial score (nSPS) is 22.0. The zero-order valence-corrected chi connectivity index (χ0v) is 20.5. The van der Waals surface area contributed by atoms with Crippen molar-refractivity contribution in [3.63, 3.8) is 0 Å². The van der Waals surface area contributed by atoms with Gasteiger partial charge in [0.25, 0.3) is 0 Å². The van der Waals surface area contributed by atoms with Crippen LogP contribution in [0.3, 0.4) is 0 Å². The number of rotatable bonds is 7. The van der Waals surface area contributed by atoms with Crippen molar-refractivity contribution in [1.82, 2.24) is 19.8 Å². The maximum absolute atomic E-state index is 14.5. The molecule has 35 heavy (non-hydrogen) atoms. The smallest absolute Gasteiger partial charge is 0.165 e. The largest absolute Gasteiger partial charge is 0.493 e. The number of likely N-dealkylation sites (tertiary alicyclic amines) is 2. The highest BCUT2D eigenvalue weighted by Gasteiger charge is 2.39. The fourth-order valence-electron chi connectivity index (χ4n) is 4.99. The lowest BCUT2D eigenvalue weighted by Crippen LogP contribution is -2.46. The molecule has 0 radical (unpaired) electrons. The second kappa shape index (κ2) is 10.1. The molecule has 1 unspecified atom stereocenters. The molecule has 2 aromatic carbocycles. The van der Waals surface area contributed by atoms with Gasteiger partial charge in [0.1, 0.15) is 24.5 Å². The lowest BCUT2D eigenvalue weighted by molar-refractivity contribution is -0.0329. The van der Waals surface area contributed by atoms with Crippen molar-refractivity contribution in [2.75, 3.05) is 39.1 Å². The summed E-state index contributed by atoms with van der Waals surface area (Å²) in [5.41, 5.74) is 0.840. The lowest BCUT2D eigenvalue weighted by atomic mass is 10.1. The second-order valence-corrected chi connectivity index (χ2v) is 9.52. The number of halogens is 2. The number of anilines is 2. The summed E-state index contributed by atoms with van der Waals surface area (Å²) in [5, 5.41) is 14.6. The number of hydrogen-bond donors (Lipinski definition) is 2. The average molecular weight is 502 g/mol. The second-order valence-electron chi connectivity index (χ2n) is 9.11. The van der Waals surface area contributed by atoms with Gasteiger partial charge in [-0.25, -0.2) is 14.4 Å². The van der Waals surface area contributed by atoms with E-state index >= 15 is 0 Å². The van der Waals surface area contributed by atoms with Crippen molar-refractivity contribution in [2.45, 2.75) is 37.6 Å². The molecule has 2 fully saturated rings. The highest BCUT2D eigenvalue weighted by Crippen LogP contribution is 2.37. The Morgan fingerprint density at radius 2 is 2.00 bits per heavy atom. The van der Waals surface area contributed by atoms with E-state index in [2.05, 4.69) is 25.1 Å². The number of benzene rings is 2. The van der Waals surface area contributed by atoms with Crippen LogP contribution in [-0.2, 0) is 0 Å². The minimum absolute atomic E-state index is 0.00378. The van der Waals surface area contributed by atoms with Gasteiger partial charge in [0.05, 0.1) is 29.4 Å². The van der Waals surface area contributed by atoms with E-state index in [1.165, 1.54) is 12.4 Å². The molecule has 2 saturated heterocycles. The molecular formula is C25H29ClFN5O3. The molecule has 0 aliphatic carbocycles. The van der Waals surface area contributed by atoms with Gasteiger partial charge < -0.3 is 19.9 Å². The Bertz CT molecular complexity index is 1210. The summed E-state index contributed by atoms with van der Waals surface area (Å²) in [4.78, 5) is 13.0. The first-order chi connectivity index (χ1) is 16.9. The number of nitrogens with zero attached hydrogens (tertiary/aromatic N) is 4. The average Bonchev–Trinajstić information content (AvgIpc) is 3.51. The van der Waals surface area contributed by atoms with Crippen molar-refractivity contribution in [3.8, 4) is 11.5 Å². The van der Waals surface area contributed by atoms with Crippen LogP contribution in [0.1, 0.15) is 19.3 Å². The molecule has 3 aromatic rings. The molecule has 2 aliphatic rings. The number of aliphatic hydroxyl groups excluding tert-OH is 1. The molecule has 5 rings (SSSR count). The molecule has 2 aliphatic heterocycles. The number of aromatic nitrogens is 2. The molecule has 1 aromatic heterocycles. The highest BCUT2D eigenvalue weighted by molar-refractivity contribution is 6.31. The van der Waals surface area contributed by atoms with E-state index in [0.29, 0.717) is 41.2 Å². The third-order valence-electron chi connectivity index (χ3n) is 6.84. The van der Waals surface area contributed by atoms with E-state index in [0.717, 1.165) is 25.9 Å². The van der Waals surface area contributed by atoms with Crippen LogP contribution in [0.15, 0.2) is 36.7 Å². The summed E-state index contributed by atoms with van der Waals surface area (Å²) in [6, 6.07) is 8.33. The van der Waals surface area contributed by atoms with Crippen molar-refractivity contribution in [1.29, 1.82) is 0 Å². The lowest BCUT2D eigenvalue weighted by Gasteiger charge is -2.31. The molecule has 3 atom stereocenters. The summed E-state index contributed by atoms with van der Waals surface area (Å²) in [6.07, 6.45) is 3.72. The molecule has 10 heteroatoms. The molecule has 0 spiro atoms. The van der Waals surface area contributed by atoms with Crippen LogP contribution >= 0.6 is 11.6 Å². The number of methoxy groups -OCH3 is 1. The van der Waals surface area contributed by atoms with E-state index in [1.54, 1.807) is 25.3 Å². The predicted molar refractivity (Wildman–Crippen MR) is 133 cm³/mol. The van der Waals surface area contributed by atoms with Gasteiger partial charge >= 0.3 is 0 Å². The van der Waals surface area contributed by atoms with Gasteiger partial charge in [-0.1, -0.05) is 17.7 Å². The number of nitrogens with one attached hydrogen (secondary N) is 1. The monoisotopic (exact) mass is 501 g/mol. The van der Waals surface area contributed by atoms with Gasteiger partial charge in [0.15, 0.2) is 17.3 Å². The molecule has 2 N–H and O–H groups in total. The first-order valence-corrected chi connectivity index (χ1v) is 12.1. The van der Waals surface area contributed by atoms with Crippen LogP contribution in [0, 0.1) is 5.82 Å². The first-order valence-electron chi connectivity index (χ1n) is 11.8. The number of aliphatic hydroxyl groups is 1. The van der Waals surface area contributed by atoms with Crippen LogP contribution in [0.5, 0.6) is 11.5 Å². The summed E-state index contributed by atoms with van der Waals surface area (Å²) in [5.74, 6) is 0.957. The minimum Gasteiger partial charge on any atom is -0.493 e. The van der Waals surface area contributed by atoms with Gasteiger partial charge in [0.2, 0.25) is 0 Å². The van der Waals surface area contributed by atoms with E-state index in [4.69, 9.17) is 21.1 Å². The maximum Gasteiger partial charge on any atom is 0.165 e. The van der Waals surface area contributed by atoms with E-state index in [1.807, 2.05) is 13.1 Å². The van der Waals surface area contributed by atoms with Gasteiger partial charge in [-0.3, -0.25) is 9.80 Å². The standard InChI is InChI=1S/C25H29ClFN5O3/c1-31-13-15(10-20(31)25(33)32-8-3-4-9-32)35-22-11-16-19(12-21(22)34-2)28-14-29-24(16)30-18-7-5-6-17(26)23(18)27/h5-7,11-12,14-15,20,25,33H,3-4,8-10,13H2,1-2H3,(H,28,29,30)/t15-,20+,25?/m0/s1. The van der Waals surface area contributed by atoms with Gasteiger partial charge in [-0.15, -0.1) is 0 Å². The van der Waals surface area contributed by atoms with Crippen LogP contribution in [-0.4, -0.2) is 77.0 Å². The van der Waals surface area contributed by atoms with E-state index < -0.39 is 12.0 Å². The Labute approximate surface area is 208 Å². The summed E-state index contributed by atoms with van der Waals surface area (Å²) in [6.45, 7) is 2.54. The minimum atomic E-state index is -0.553. The Balaban J connectivity index is 1.41. The molecule has 8 nitrogen and oxygen atoms in total. The number of fused-ring (bicyclic) bond motifs is 1. The molecule has 0 bridgehead atoms. The fraction of sp³-hybridized carbons (Fsp3) is 0.440. The summed E-state index contributed by atoms with van der Waals surface area (Å²) in [7, 11) is 3.59. The highest BCUT2D eigenvalue weighted by atomic mass is 35.5. The SMILES string of the molecule is COc1cc2ncnc(Nc3cccc(Cl)c3F)c2cc1O[C@H]1C[C@H](C(O)N2CCCC2)N(C)C1. The molecule has 0 amide bonds. The van der Waals surface area contributed by atoms with E-state index in [-0.39, 0.29) is 22.9 Å². The molecule has 0 saturated carbocycles. The van der Waals surface area contributed by atoms with Crippen LogP contribution in [0.2, 0.25) is 5.02 Å². The number of ether oxygens (including phenoxy) is 2. The maximum atomic E-state index is 14.5. The van der Waals surface area contributed by atoms with Crippen molar-refractivity contribution in [3.05, 3.63) is 47.5 Å². The zero-order valence-electron chi connectivity index (χ0n) is 19.7. The van der Waals surface area contributed by atoms with Gasteiger partial charge in [-0.05, 0) is 38.1 Å².